The molecule has 0 radical (unpaired) electrons. The Kier molecular flexibility index (Phi) is 3.82. The molecule has 0 rings (SSSR count). The SMILES string of the molecule is CC#C[Si](Cl)(Cl)C#CC. The summed E-state index contributed by atoms with van der Waals surface area (Å²) in [7, 11) is 0. The van der Waals surface area contributed by atoms with Gasteiger partial charge in [-0.1, -0.05) is 11.1 Å². The smallest absolute Gasteiger partial charge is 0.116 e. The zero-order valence-corrected chi connectivity index (χ0v) is 7.77. The molecule has 0 bridgehead atoms. The molecule has 0 saturated heterocycles. The number of halogens is 2. The van der Waals surface area contributed by atoms with Crippen molar-refractivity contribution in [2.45, 2.75) is 13.8 Å². The van der Waals surface area contributed by atoms with Gasteiger partial charge in [0.25, 0.3) is 0 Å². The fourth-order valence-corrected chi connectivity index (χ4v) is 2.17. The molecule has 0 aromatic heterocycles. The van der Waals surface area contributed by atoms with Crippen LogP contribution in [0.3, 0.4) is 0 Å². The zero-order valence-electron chi connectivity index (χ0n) is 5.26. The molecule has 0 heterocycles. The van der Waals surface area contributed by atoms with Crippen LogP contribution >= 0.6 is 22.2 Å². The second-order valence-corrected chi connectivity index (χ2v) is 6.96. The maximum Gasteiger partial charge on any atom is 0.404 e. The second-order valence-electron chi connectivity index (χ2n) is 1.32. The van der Waals surface area contributed by atoms with Crippen molar-refractivity contribution in [3.8, 4) is 22.9 Å². The summed E-state index contributed by atoms with van der Waals surface area (Å²) >= 11 is 11.4. The third-order valence-electron chi connectivity index (χ3n) is 0.564. The summed E-state index contributed by atoms with van der Waals surface area (Å²) in [4.78, 5) is 0. The van der Waals surface area contributed by atoms with Crippen LogP contribution in [0.2, 0.25) is 0 Å². The maximum atomic E-state index is 5.69. The Morgan fingerprint density at radius 3 is 1.56 bits per heavy atom. The van der Waals surface area contributed by atoms with Crippen LogP contribution in [0, 0.1) is 22.9 Å². The highest BCUT2D eigenvalue weighted by molar-refractivity contribution is 7.52. The van der Waals surface area contributed by atoms with Gasteiger partial charge in [-0.05, 0) is 13.8 Å². The van der Waals surface area contributed by atoms with Gasteiger partial charge in [0.05, 0.1) is 0 Å². The Labute approximate surface area is 66.0 Å². The lowest BCUT2D eigenvalue weighted by Crippen LogP contribution is -2.13. The molecule has 9 heavy (non-hydrogen) atoms. The first kappa shape index (κ1) is 8.92. The van der Waals surface area contributed by atoms with Gasteiger partial charge < -0.3 is 0 Å². The fourth-order valence-electron chi connectivity index (χ4n) is 0.345. The minimum absolute atomic E-state index is 1.70. The van der Waals surface area contributed by atoms with Crippen LogP contribution in [0.1, 0.15) is 13.8 Å². The normalized spacial score (nSPS) is 8.44. The van der Waals surface area contributed by atoms with Crippen molar-refractivity contribution in [1.29, 1.82) is 0 Å². The fraction of sp³-hybridized carbons (Fsp3) is 0.333. The van der Waals surface area contributed by atoms with E-state index in [1.54, 1.807) is 13.8 Å². The van der Waals surface area contributed by atoms with Gasteiger partial charge in [-0.3, -0.25) is 0 Å². The first-order chi connectivity index (χ1) is 4.12. The van der Waals surface area contributed by atoms with Crippen molar-refractivity contribution >= 4 is 28.9 Å². The summed E-state index contributed by atoms with van der Waals surface area (Å²) in [5, 5.41) is 0. The van der Waals surface area contributed by atoms with E-state index in [0.717, 1.165) is 0 Å². The minimum Gasteiger partial charge on any atom is -0.116 e. The lowest BCUT2D eigenvalue weighted by molar-refractivity contribution is 1.92. The first-order valence-electron chi connectivity index (χ1n) is 2.38. The summed E-state index contributed by atoms with van der Waals surface area (Å²) in [6.45, 7) is 0.915. The monoisotopic (exact) mass is 176 g/mol. The van der Waals surface area contributed by atoms with E-state index in [-0.39, 0.29) is 0 Å². The van der Waals surface area contributed by atoms with Gasteiger partial charge in [0.15, 0.2) is 0 Å². The zero-order chi connectivity index (χ0) is 7.33. The molecule has 0 fully saturated rings. The van der Waals surface area contributed by atoms with Gasteiger partial charge in [-0.2, -0.15) is 0 Å². The molecule has 0 N–H and O–H groups in total. The molecular weight excluding hydrogens is 171 g/mol. The molecule has 0 aliphatic rings. The minimum atomic E-state index is -2.48. The van der Waals surface area contributed by atoms with Crippen molar-refractivity contribution in [2.75, 3.05) is 0 Å². The molecule has 0 aliphatic heterocycles. The van der Waals surface area contributed by atoms with E-state index < -0.39 is 6.69 Å². The van der Waals surface area contributed by atoms with Crippen LogP contribution in [-0.2, 0) is 0 Å². The molecule has 48 valence electrons. The lowest BCUT2D eigenvalue weighted by atomic mass is 10.8. The molecule has 0 spiro atoms. The van der Waals surface area contributed by atoms with Gasteiger partial charge in [0, 0.05) is 0 Å². The van der Waals surface area contributed by atoms with E-state index in [2.05, 4.69) is 22.9 Å². The highest BCUT2D eigenvalue weighted by Crippen LogP contribution is 2.10. The van der Waals surface area contributed by atoms with Crippen LogP contribution in [0.15, 0.2) is 0 Å². The highest BCUT2D eigenvalue weighted by Gasteiger charge is 2.21. The summed E-state index contributed by atoms with van der Waals surface area (Å²) in [5.41, 5.74) is 5.34. The van der Waals surface area contributed by atoms with Crippen molar-refractivity contribution in [3.05, 3.63) is 0 Å². The predicted octanol–water partition coefficient (Wildman–Crippen LogP) is 2.03. The van der Waals surface area contributed by atoms with Crippen LogP contribution in [0.4, 0.5) is 0 Å². The molecule has 0 unspecified atom stereocenters. The molecule has 0 aliphatic carbocycles. The van der Waals surface area contributed by atoms with Crippen molar-refractivity contribution in [2.24, 2.45) is 0 Å². The topological polar surface area (TPSA) is 0 Å². The summed E-state index contributed by atoms with van der Waals surface area (Å²) < 4.78 is 0. The third kappa shape index (κ3) is 4.42. The summed E-state index contributed by atoms with van der Waals surface area (Å²) in [6, 6.07) is 0. The van der Waals surface area contributed by atoms with E-state index in [9.17, 15) is 0 Å². The Morgan fingerprint density at radius 1 is 1.00 bits per heavy atom. The summed E-state index contributed by atoms with van der Waals surface area (Å²) in [5.74, 6) is 5.28. The molecule has 0 aromatic rings. The van der Waals surface area contributed by atoms with Gasteiger partial charge in [-0.15, -0.1) is 34.0 Å². The second kappa shape index (κ2) is 3.85. The van der Waals surface area contributed by atoms with Crippen LogP contribution in [0.25, 0.3) is 0 Å². The Bertz CT molecular complexity index is 177. The van der Waals surface area contributed by atoms with E-state index >= 15 is 0 Å². The predicted molar refractivity (Wildman–Crippen MR) is 44.4 cm³/mol. The average Bonchev–Trinajstić information content (AvgIpc) is 1.64. The maximum absolute atomic E-state index is 5.69. The number of rotatable bonds is 0. The molecule has 0 nitrogen and oxygen atoms in total. The standard InChI is InChI=1S/C6H6Cl2Si/c1-3-5-9(7,8)6-4-2/h1-2H3. The van der Waals surface area contributed by atoms with E-state index in [1.807, 2.05) is 0 Å². The Hall–Kier alpha value is -0.0831. The number of hydrogen-bond acceptors (Lipinski definition) is 0. The Balaban J connectivity index is 4.26. The van der Waals surface area contributed by atoms with E-state index in [1.165, 1.54) is 0 Å². The van der Waals surface area contributed by atoms with Crippen molar-refractivity contribution < 1.29 is 0 Å². The highest BCUT2D eigenvalue weighted by atomic mass is 35.7. The van der Waals surface area contributed by atoms with Crippen molar-refractivity contribution in [1.82, 2.24) is 0 Å². The molecule has 3 heteroatoms. The van der Waals surface area contributed by atoms with Gasteiger partial charge in [-0.25, -0.2) is 0 Å². The van der Waals surface area contributed by atoms with Gasteiger partial charge in [0.1, 0.15) is 0 Å². The van der Waals surface area contributed by atoms with Gasteiger partial charge in [0.2, 0.25) is 0 Å². The largest absolute Gasteiger partial charge is 0.404 e. The molecule has 0 aromatic carbocycles. The quantitative estimate of drug-likeness (QED) is 0.301. The van der Waals surface area contributed by atoms with E-state index in [4.69, 9.17) is 22.2 Å². The molecular formula is C6H6Cl2Si. The molecule has 0 atom stereocenters. The first-order valence-corrected chi connectivity index (χ1v) is 6.40. The van der Waals surface area contributed by atoms with Gasteiger partial charge >= 0.3 is 6.69 Å². The Morgan fingerprint density at radius 2 is 1.33 bits per heavy atom. The van der Waals surface area contributed by atoms with E-state index in [0.29, 0.717) is 0 Å². The van der Waals surface area contributed by atoms with Crippen LogP contribution in [-0.4, -0.2) is 6.69 Å². The van der Waals surface area contributed by atoms with Crippen LogP contribution in [0.5, 0.6) is 0 Å². The number of hydrogen-bond donors (Lipinski definition) is 0. The molecule has 0 saturated carbocycles. The molecule has 0 amide bonds. The average molecular weight is 177 g/mol. The van der Waals surface area contributed by atoms with Crippen LogP contribution < -0.4 is 0 Å². The third-order valence-corrected chi connectivity index (χ3v) is 2.83. The van der Waals surface area contributed by atoms with Crippen molar-refractivity contribution in [3.63, 3.8) is 0 Å². The lowest BCUT2D eigenvalue weighted by Gasteiger charge is -1.94. The summed E-state index contributed by atoms with van der Waals surface area (Å²) in [6.07, 6.45) is 0.